The van der Waals surface area contributed by atoms with E-state index in [1.807, 2.05) is 0 Å². The van der Waals surface area contributed by atoms with Gasteiger partial charge in [0.05, 0.1) is 25.8 Å². The molecule has 2 unspecified atom stereocenters. The standard InChI is InChI=1S/C24H26B2F4N2O5/c1-34-20-18(35-12-13-9-22(29,30)10-13)3-2-17(31-20)21(33)32-5-4-23(14-6-15(27)8-16(28)7-14)19(11-32)36-24(25,26)37-23/h2-3,6-8,13,19H,4-5,9-12,25-26H2,1H3. The molecule has 2 atom stereocenters. The Hall–Kier alpha value is -2.79. The lowest BCUT2D eigenvalue weighted by atomic mass is 9.76. The molecule has 1 aromatic heterocycles. The van der Waals surface area contributed by atoms with Gasteiger partial charge in [-0.3, -0.25) is 4.79 Å². The fourth-order valence-corrected chi connectivity index (χ4v) is 5.40. The number of ether oxygens (including phenoxy) is 4. The summed E-state index contributed by atoms with van der Waals surface area (Å²) in [4.78, 5) is 19.2. The first-order valence-corrected chi connectivity index (χ1v) is 12.1. The first-order valence-electron chi connectivity index (χ1n) is 12.1. The molecule has 7 nitrogen and oxygen atoms in total. The van der Waals surface area contributed by atoms with E-state index in [-0.39, 0.29) is 62.2 Å². The number of fused-ring (bicyclic) bond motifs is 1. The lowest BCUT2D eigenvalue weighted by Crippen LogP contribution is -2.53. The maximum Gasteiger partial charge on any atom is 0.272 e. The van der Waals surface area contributed by atoms with Crippen molar-refractivity contribution in [1.82, 2.24) is 9.88 Å². The number of alkyl halides is 2. The normalized spacial score (nSPS) is 26.3. The molecule has 2 saturated heterocycles. The molecule has 13 heteroatoms. The van der Waals surface area contributed by atoms with E-state index in [4.69, 9.17) is 18.9 Å². The average molecular weight is 520 g/mol. The highest BCUT2D eigenvalue weighted by Gasteiger charge is 2.57. The first kappa shape index (κ1) is 25.8. The van der Waals surface area contributed by atoms with Crippen molar-refractivity contribution in [3.8, 4) is 11.6 Å². The number of halogens is 4. The molecule has 0 radical (unpaired) electrons. The van der Waals surface area contributed by atoms with Crippen molar-refractivity contribution in [3.05, 3.63) is 53.2 Å². The van der Waals surface area contributed by atoms with Crippen LogP contribution in [0.5, 0.6) is 11.6 Å². The number of carbonyl (C=O) groups is 1. The average Bonchev–Trinajstić information content (AvgIpc) is 3.10. The van der Waals surface area contributed by atoms with Crippen molar-refractivity contribution in [1.29, 1.82) is 0 Å². The third kappa shape index (κ3) is 5.03. The van der Waals surface area contributed by atoms with Crippen LogP contribution in [0.25, 0.3) is 0 Å². The number of rotatable bonds is 6. The molecule has 2 aliphatic heterocycles. The minimum Gasteiger partial charge on any atom is -0.488 e. The molecular weight excluding hydrogens is 494 g/mol. The Kier molecular flexibility index (Phi) is 6.42. The highest BCUT2D eigenvalue weighted by atomic mass is 19.3. The highest BCUT2D eigenvalue weighted by Crippen LogP contribution is 2.47. The molecule has 0 bridgehead atoms. The van der Waals surface area contributed by atoms with Gasteiger partial charge in [0.15, 0.2) is 21.4 Å². The maximum atomic E-state index is 14.1. The lowest BCUT2D eigenvalue weighted by Gasteiger charge is -2.42. The Morgan fingerprint density at radius 3 is 2.54 bits per heavy atom. The second-order valence-electron chi connectivity index (χ2n) is 10.3. The van der Waals surface area contributed by atoms with E-state index in [9.17, 15) is 22.4 Å². The number of amides is 1. The molecule has 3 aliphatic rings. The molecular formula is C24H26B2F4N2O5. The van der Waals surface area contributed by atoms with Crippen LogP contribution in [0.1, 0.15) is 35.3 Å². The number of likely N-dealkylation sites (tertiary alicyclic amines) is 1. The number of methoxy groups -OCH3 is 1. The Balaban J connectivity index is 1.32. The van der Waals surface area contributed by atoms with Crippen LogP contribution in [0.15, 0.2) is 30.3 Å². The molecule has 3 heterocycles. The zero-order chi connectivity index (χ0) is 26.6. The molecule has 1 saturated carbocycles. The molecule has 196 valence electrons. The van der Waals surface area contributed by atoms with E-state index in [1.54, 1.807) is 20.6 Å². The number of nitrogens with zero attached hydrogens (tertiary/aromatic N) is 2. The van der Waals surface area contributed by atoms with Gasteiger partial charge in [-0.2, -0.15) is 0 Å². The van der Waals surface area contributed by atoms with Gasteiger partial charge in [-0.25, -0.2) is 22.5 Å². The highest BCUT2D eigenvalue weighted by molar-refractivity contribution is 6.38. The minimum atomic E-state index is -2.63. The van der Waals surface area contributed by atoms with Gasteiger partial charge in [0.1, 0.15) is 29.0 Å². The second kappa shape index (κ2) is 9.20. The van der Waals surface area contributed by atoms with Gasteiger partial charge in [-0.05, 0) is 29.8 Å². The summed E-state index contributed by atoms with van der Waals surface area (Å²) in [5, 5.41) is 0. The van der Waals surface area contributed by atoms with Crippen molar-refractivity contribution in [2.45, 2.75) is 42.5 Å². The van der Waals surface area contributed by atoms with Crippen LogP contribution >= 0.6 is 0 Å². The SMILES string of the molecule is BC1(B)OC2CN(C(=O)c3ccc(OCC4CC(F)(F)C4)c(OC)n3)CCC2(c2cc(F)cc(F)c2)O1. The van der Waals surface area contributed by atoms with E-state index < -0.39 is 40.8 Å². The van der Waals surface area contributed by atoms with E-state index >= 15 is 0 Å². The van der Waals surface area contributed by atoms with Gasteiger partial charge < -0.3 is 23.8 Å². The second-order valence-corrected chi connectivity index (χ2v) is 10.3. The number of aromatic nitrogens is 1. The largest absolute Gasteiger partial charge is 0.488 e. The zero-order valence-corrected chi connectivity index (χ0v) is 20.7. The summed E-state index contributed by atoms with van der Waals surface area (Å²) in [6.07, 6.45) is -0.865. The van der Waals surface area contributed by atoms with Gasteiger partial charge in [0.25, 0.3) is 11.8 Å². The predicted molar refractivity (Wildman–Crippen MR) is 128 cm³/mol. The van der Waals surface area contributed by atoms with E-state index in [0.29, 0.717) is 5.56 Å². The van der Waals surface area contributed by atoms with Crippen molar-refractivity contribution < 1.29 is 41.3 Å². The summed E-state index contributed by atoms with van der Waals surface area (Å²) >= 11 is 0. The fourth-order valence-electron chi connectivity index (χ4n) is 5.40. The Bertz CT molecular complexity index is 1190. The Labute approximate surface area is 213 Å². The monoisotopic (exact) mass is 520 g/mol. The van der Waals surface area contributed by atoms with Crippen LogP contribution in [0.2, 0.25) is 0 Å². The quantitative estimate of drug-likeness (QED) is 0.428. The van der Waals surface area contributed by atoms with Crippen molar-refractivity contribution in [3.63, 3.8) is 0 Å². The van der Waals surface area contributed by atoms with Gasteiger partial charge in [-0.1, -0.05) is 0 Å². The number of hydrogen-bond acceptors (Lipinski definition) is 6. The molecule has 1 amide bonds. The molecule has 1 aromatic carbocycles. The maximum absolute atomic E-state index is 14.1. The van der Waals surface area contributed by atoms with Crippen LogP contribution in [0, 0.1) is 17.6 Å². The van der Waals surface area contributed by atoms with Crippen molar-refractivity contribution >= 4 is 21.6 Å². The van der Waals surface area contributed by atoms with Crippen LogP contribution in [0.3, 0.4) is 0 Å². The van der Waals surface area contributed by atoms with Crippen molar-refractivity contribution in [2.75, 3.05) is 26.8 Å². The first-order chi connectivity index (χ1) is 17.4. The number of hydrogen-bond donors (Lipinski definition) is 0. The summed E-state index contributed by atoms with van der Waals surface area (Å²) in [5.74, 6) is -4.39. The van der Waals surface area contributed by atoms with E-state index in [0.717, 1.165) is 6.07 Å². The van der Waals surface area contributed by atoms with Crippen LogP contribution in [0.4, 0.5) is 17.6 Å². The number of piperidine rings is 1. The summed E-state index contributed by atoms with van der Waals surface area (Å²) in [6.45, 7) is 0.439. The Morgan fingerprint density at radius 1 is 1.19 bits per heavy atom. The summed E-state index contributed by atoms with van der Waals surface area (Å²) in [6, 6.07) is 6.26. The van der Waals surface area contributed by atoms with Crippen LogP contribution < -0.4 is 9.47 Å². The topological polar surface area (TPSA) is 70.1 Å². The molecule has 2 aromatic rings. The molecule has 5 rings (SSSR count). The van der Waals surface area contributed by atoms with Crippen molar-refractivity contribution in [2.24, 2.45) is 5.92 Å². The molecule has 37 heavy (non-hydrogen) atoms. The summed E-state index contributed by atoms with van der Waals surface area (Å²) in [7, 11) is 4.80. The van der Waals surface area contributed by atoms with Gasteiger partial charge in [0, 0.05) is 37.8 Å². The zero-order valence-electron chi connectivity index (χ0n) is 20.7. The summed E-state index contributed by atoms with van der Waals surface area (Å²) in [5.41, 5.74) is -1.73. The number of pyridine rings is 1. The molecule has 1 aliphatic carbocycles. The molecule has 0 spiro atoms. The third-order valence-corrected chi connectivity index (χ3v) is 7.04. The van der Waals surface area contributed by atoms with Gasteiger partial charge in [-0.15, -0.1) is 0 Å². The predicted octanol–water partition coefficient (Wildman–Crippen LogP) is 1.83. The van der Waals surface area contributed by atoms with E-state index in [2.05, 4.69) is 4.98 Å². The summed E-state index contributed by atoms with van der Waals surface area (Å²) < 4.78 is 77.4. The third-order valence-electron chi connectivity index (χ3n) is 7.04. The Morgan fingerprint density at radius 2 is 1.89 bits per heavy atom. The molecule has 0 N–H and O–H groups in total. The van der Waals surface area contributed by atoms with Gasteiger partial charge >= 0.3 is 0 Å². The molecule has 3 fully saturated rings. The van der Waals surface area contributed by atoms with Crippen LogP contribution in [-0.4, -0.2) is 75.9 Å². The smallest absolute Gasteiger partial charge is 0.272 e. The van der Waals surface area contributed by atoms with Gasteiger partial charge in [0.2, 0.25) is 5.92 Å². The lowest BCUT2D eigenvalue weighted by molar-refractivity contribution is -0.119. The minimum absolute atomic E-state index is 0.0695. The number of benzene rings is 1. The van der Waals surface area contributed by atoms with E-state index in [1.165, 1.54) is 31.4 Å². The number of carbonyl (C=O) groups excluding carboxylic acids is 1. The fraction of sp³-hybridized carbons (Fsp3) is 0.500. The van der Waals surface area contributed by atoms with Crippen LogP contribution in [-0.2, 0) is 15.1 Å².